The Morgan fingerprint density at radius 2 is 2.15 bits per heavy atom. The predicted molar refractivity (Wildman–Crippen MR) is 76.3 cm³/mol. The van der Waals surface area contributed by atoms with Crippen molar-refractivity contribution < 1.29 is 12.8 Å². The minimum atomic E-state index is -3.64. The normalized spacial score (nSPS) is 21.3. The number of likely N-dealkylation sites (tertiary alicyclic amines) is 1. The van der Waals surface area contributed by atoms with Crippen LogP contribution in [-0.4, -0.2) is 50.8 Å². The Bertz CT molecular complexity index is 591. The molecule has 0 amide bonds. The van der Waals surface area contributed by atoms with Crippen LogP contribution in [-0.2, 0) is 10.0 Å². The van der Waals surface area contributed by atoms with Crippen LogP contribution in [0.5, 0.6) is 0 Å². The van der Waals surface area contributed by atoms with Gasteiger partial charge in [0, 0.05) is 19.6 Å². The molecule has 0 radical (unpaired) electrons. The second-order valence-electron chi connectivity index (χ2n) is 5.26. The number of nitrogen functional groups attached to an aromatic ring is 1. The minimum Gasteiger partial charge on any atom is -0.396 e. The van der Waals surface area contributed by atoms with E-state index in [1.165, 1.54) is 16.4 Å². The van der Waals surface area contributed by atoms with Crippen molar-refractivity contribution in [2.75, 3.05) is 32.9 Å². The maximum absolute atomic E-state index is 13.2. The maximum atomic E-state index is 13.2. The molecule has 1 aromatic carbocycles. The number of nitrogens with two attached hydrogens (primary N) is 1. The fourth-order valence-electron chi connectivity index (χ4n) is 2.48. The van der Waals surface area contributed by atoms with E-state index < -0.39 is 15.8 Å². The van der Waals surface area contributed by atoms with Gasteiger partial charge in [-0.3, -0.25) is 0 Å². The van der Waals surface area contributed by atoms with Crippen LogP contribution in [0.3, 0.4) is 0 Å². The van der Waals surface area contributed by atoms with E-state index in [0.29, 0.717) is 6.54 Å². The zero-order chi connectivity index (χ0) is 14.9. The van der Waals surface area contributed by atoms with Gasteiger partial charge in [0.1, 0.15) is 5.82 Å². The monoisotopic (exact) mass is 301 g/mol. The molecule has 7 heteroatoms. The van der Waals surface area contributed by atoms with Crippen molar-refractivity contribution in [2.45, 2.75) is 23.8 Å². The van der Waals surface area contributed by atoms with E-state index in [1.54, 1.807) is 7.05 Å². The number of piperidine rings is 1. The van der Waals surface area contributed by atoms with Crippen molar-refractivity contribution in [1.29, 1.82) is 0 Å². The molecule has 1 atom stereocenters. The van der Waals surface area contributed by atoms with Crippen molar-refractivity contribution in [2.24, 2.45) is 0 Å². The third-order valence-electron chi connectivity index (χ3n) is 3.76. The van der Waals surface area contributed by atoms with E-state index in [4.69, 9.17) is 5.73 Å². The molecule has 0 aliphatic carbocycles. The molecule has 1 unspecified atom stereocenters. The molecule has 2 rings (SSSR count). The molecule has 1 fully saturated rings. The Labute approximate surface area is 119 Å². The van der Waals surface area contributed by atoms with E-state index in [-0.39, 0.29) is 16.6 Å². The molecular formula is C13H20FN3O2S. The lowest BCUT2D eigenvalue weighted by Gasteiger charge is -2.35. The molecule has 0 saturated carbocycles. The van der Waals surface area contributed by atoms with Gasteiger partial charge < -0.3 is 10.6 Å². The number of likely N-dealkylation sites (N-methyl/N-ethyl adjacent to an activating group) is 2. The van der Waals surface area contributed by atoms with Gasteiger partial charge in [-0.2, -0.15) is 4.31 Å². The Balaban J connectivity index is 2.26. The molecule has 112 valence electrons. The molecule has 1 aromatic rings. The molecule has 1 heterocycles. The number of benzene rings is 1. The second kappa shape index (κ2) is 5.67. The number of nitrogens with zero attached hydrogens (tertiary/aromatic N) is 2. The van der Waals surface area contributed by atoms with Gasteiger partial charge in [-0.1, -0.05) is 0 Å². The highest BCUT2D eigenvalue weighted by Crippen LogP contribution is 2.23. The lowest BCUT2D eigenvalue weighted by Crippen LogP contribution is -2.47. The molecule has 0 aromatic heterocycles. The number of rotatable bonds is 3. The van der Waals surface area contributed by atoms with Crippen LogP contribution in [0.1, 0.15) is 12.8 Å². The molecule has 5 nitrogen and oxygen atoms in total. The van der Waals surface area contributed by atoms with Crippen LogP contribution in [0.25, 0.3) is 0 Å². The van der Waals surface area contributed by atoms with E-state index in [9.17, 15) is 12.8 Å². The van der Waals surface area contributed by atoms with Crippen molar-refractivity contribution in [3.8, 4) is 0 Å². The Morgan fingerprint density at radius 3 is 2.75 bits per heavy atom. The minimum absolute atomic E-state index is 0.0344. The van der Waals surface area contributed by atoms with Gasteiger partial charge in [0.25, 0.3) is 0 Å². The van der Waals surface area contributed by atoms with Crippen molar-refractivity contribution >= 4 is 15.7 Å². The summed E-state index contributed by atoms with van der Waals surface area (Å²) in [5.74, 6) is -0.607. The van der Waals surface area contributed by atoms with E-state index >= 15 is 0 Å². The first kappa shape index (κ1) is 15.2. The van der Waals surface area contributed by atoms with Crippen molar-refractivity contribution in [3.05, 3.63) is 24.0 Å². The first-order chi connectivity index (χ1) is 9.32. The summed E-state index contributed by atoms with van der Waals surface area (Å²) in [6.07, 6.45) is 1.79. The summed E-state index contributed by atoms with van der Waals surface area (Å²) in [4.78, 5) is 2.14. The van der Waals surface area contributed by atoms with Gasteiger partial charge >= 0.3 is 0 Å². The molecule has 2 N–H and O–H groups in total. The summed E-state index contributed by atoms with van der Waals surface area (Å²) in [6.45, 7) is 1.68. The van der Waals surface area contributed by atoms with Crippen LogP contribution in [0.15, 0.2) is 23.1 Å². The second-order valence-corrected chi connectivity index (χ2v) is 7.26. The smallest absolute Gasteiger partial charge is 0.243 e. The first-order valence-corrected chi connectivity index (χ1v) is 7.98. The number of halogens is 1. The highest BCUT2D eigenvalue weighted by Gasteiger charge is 2.30. The van der Waals surface area contributed by atoms with Gasteiger partial charge in [0.2, 0.25) is 10.0 Å². The molecule has 20 heavy (non-hydrogen) atoms. The molecule has 1 saturated heterocycles. The molecule has 1 aliphatic rings. The van der Waals surface area contributed by atoms with Gasteiger partial charge in [-0.15, -0.1) is 0 Å². The van der Waals surface area contributed by atoms with Crippen molar-refractivity contribution in [3.63, 3.8) is 0 Å². The largest absolute Gasteiger partial charge is 0.396 e. The molecular weight excluding hydrogens is 281 g/mol. The number of sulfonamides is 1. The van der Waals surface area contributed by atoms with Crippen LogP contribution in [0.4, 0.5) is 10.1 Å². The highest BCUT2D eigenvalue weighted by molar-refractivity contribution is 7.89. The standard InChI is InChI=1S/C13H20FN3O2S/c1-16-7-3-4-10(9-16)17(2)20(18,19)11-5-6-12(14)13(15)8-11/h5-6,8,10H,3-4,7,9,15H2,1-2H3. The zero-order valence-corrected chi connectivity index (χ0v) is 12.5. The third kappa shape index (κ3) is 2.94. The topological polar surface area (TPSA) is 66.6 Å². The maximum Gasteiger partial charge on any atom is 0.243 e. The fraction of sp³-hybridized carbons (Fsp3) is 0.538. The van der Waals surface area contributed by atoms with Crippen LogP contribution in [0, 0.1) is 5.82 Å². The summed E-state index contributed by atoms with van der Waals surface area (Å²) in [6, 6.07) is 3.45. The average Bonchev–Trinajstić information content (AvgIpc) is 2.40. The number of anilines is 1. The quantitative estimate of drug-likeness (QED) is 0.850. The SMILES string of the molecule is CN1CCCC(N(C)S(=O)(=O)c2ccc(F)c(N)c2)C1. The molecule has 1 aliphatic heterocycles. The predicted octanol–water partition coefficient (Wildman–Crippen LogP) is 1.12. The first-order valence-electron chi connectivity index (χ1n) is 6.54. The Morgan fingerprint density at radius 1 is 1.45 bits per heavy atom. The Kier molecular flexibility index (Phi) is 4.31. The summed E-state index contributed by atoms with van der Waals surface area (Å²) in [5.41, 5.74) is 5.30. The third-order valence-corrected chi connectivity index (χ3v) is 5.66. The zero-order valence-electron chi connectivity index (χ0n) is 11.7. The number of hydrogen-bond acceptors (Lipinski definition) is 4. The van der Waals surface area contributed by atoms with Crippen LogP contribution >= 0.6 is 0 Å². The highest BCUT2D eigenvalue weighted by atomic mass is 32.2. The molecule has 0 spiro atoms. The van der Waals surface area contributed by atoms with Gasteiger partial charge in [-0.25, -0.2) is 12.8 Å². The Hall–Kier alpha value is -1.18. The number of hydrogen-bond donors (Lipinski definition) is 1. The van der Waals surface area contributed by atoms with Crippen LogP contribution < -0.4 is 5.73 Å². The van der Waals surface area contributed by atoms with Gasteiger partial charge in [0.15, 0.2) is 0 Å². The van der Waals surface area contributed by atoms with Crippen LogP contribution in [0.2, 0.25) is 0 Å². The van der Waals surface area contributed by atoms with E-state index in [1.807, 2.05) is 7.05 Å². The summed E-state index contributed by atoms with van der Waals surface area (Å²) in [7, 11) is -0.0984. The van der Waals surface area contributed by atoms with E-state index in [0.717, 1.165) is 25.5 Å². The lowest BCUT2D eigenvalue weighted by molar-refractivity contribution is 0.187. The summed E-state index contributed by atoms with van der Waals surface area (Å²) in [5, 5.41) is 0. The van der Waals surface area contributed by atoms with E-state index in [2.05, 4.69) is 4.90 Å². The van der Waals surface area contributed by atoms with Crippen molar-refractivity contribution in [1.82, 2.24) is 9.21 Å². The lowest BCUT2D eigenvalue weighted by atomic mass is 10.1. The van der Waals surface area contributed by atoms with Gasteiger partial charge in [-0.05, 0) is 44.6 Å². The average molecular weight is 301 g/mol. The van der Waals surface area contributed by atoms with Gasteiger partial charge in [0.05, 0.1) is 10.6 Å². The summed E-state index contributed by atoms with van der Waals surface area (Å²) >= 11 is 0. The summed E-state index contributed by atoms with van der Waals surface area (Å²) < 4.78 is 39.6. The fourth-order valence-corrected chi connectivity index (χ4v) is 3.89. The molecule has 0 bridgehead atoms.